The highest BCUT2D eigenvalue weighted by Crippen LogP contribution is 2.20. The van der Waals surface area contributed by atoms with Gasteiger partial charge in [-0.05, 0) is 50.0 Å². The maximum Gasteiger partial charge on any atom is 0.224 e. The van der Waals surface area contributed by atoms with Crippen molar-refractivity contribution in [3.8, 4) is 0 Å². The lowest BCUT2D eigenvalue weighted by molar-refractivity contribution is -0.117. The summed E-state index contributed by atoms with van der Waals surface area (Å²) in [6.45, 7) is 3.60. The van der Waals surface area contributed by atoms with Crippen molar-refractivity contribution in [1.82, 2.24) is 5.32 Å². The summed E-state index contributed by atoms with van der Waals surface area (Å²) in [4.78, 5) is 24.9. The van der Waals surface area contributed by atoms with Gasteiger partial charge in [0.25, 0.3) is 0 Å². The van der Waals surface area contributed by atoms with Crippen LogP contribution >= 0.6 is 0 Å². The van der Waals surface area contributed by atoms with Crippen LogP contribution in [0.5, 0.6) is 0 Å². The SMILES string of the molecule is CC(=O)N(C)c1cccc(NC(=O)CCC2CCNC2)c1. The Hall–Kier alpha value is -1.88. The van der Waals surface area contributed by atoms with Crippen molar-refractivity contribution in [2.45, 2.75) is 26.2 Å². The van der Waals surface area contributed by atoms with E-state index in [1.807, 2.05) is 24.3 Å². The van der Waals surface area contributed by atoms with Crippen LogP contribution in [0.2, 0.25) is 0 Å². The number of anilines is 2. The van der Waals surface area contributed by atoms with Crippen molar-refractivity contribution in [1.29, 1.82) is 0 Å². The van der Waals surface area contributed by atoms with Crippen LogP contribution in [-0.4, -0.2) is 32.0 Å². The van der Waals surface area contributed by atoms with Gasteiger partial charge in [0.2, 0.25) is 11.8 Å². The first-order valence-electron chi connectivity index (χ1n) is 7.41. The topological polar surface area (TPSA) is 61.4 Å². The molecule has 2 rings (SSSR count). The molecule has 2 amide bonds. The van der Waals surface area contributed by atoms with Gasteiger partial charge in [-0.1, -0.05) is 6.07 Å². The molecule has 1 saturated heterocycles. The molecule has 5 heteroatoms. The first-order chi connectivity index (χ1) is 10.1. The summed E-state index contributed by atoms with van der Waals surface area (Å²) in [5.41, 5.74) is 1.51. The average molecular weight is 289 g/mol. The van der Waals surface area contributed by atoms with Crippen molar-refractivity contribution in [2.24, 2.45) is 5.92 Å². The van der Waals surface area contributed by atoms with Gasteiger partial charge < -0.3 is 15.5 Å². The first kappa shape index (κ1) is 15.5. The second-order valence-electron chi connectivity index (χ2n) is 5.57. The van der Waals surface area contributed by atoms with Gasteiger partial charge in [0.05, 0.1) is 0 Å². The van der Waals surface area contributed by atoms with E-state index in [1.54, 1.807) is 11.9 Å². The molecule has 1 atom stereocenters. The molecule has 1 unspecified atom stereocenters. The fraction of sp³-hybridized carbons (Fsp3) is 0.500. The Morgan fingerprint density at radius 2 is 2.24 bits per heavy atom. The summed E-state index contributed by atoms with van der Waals surface area (Å²) in [5.74, 6) is 0.614. The molecule has 0 aliphatic carbocycles. The zero-order valence-corrected chi connectivity index (χ0v) is 12.7. The van der Waals surface area contributed by atoms with E-state index >= 15 is 0 Å². The van der Waals surface area contributed by atoms with Crippen molar-refractivity contribution >= 4 is 23.2 Å². The summed E-state index contributed by atoms with van der Waals surface area (Å²) in [7, 11) is 1.72. The van der Waals surface area contributed by atoms with Crippen LogP contribution in [0, 0.1) is 5.92 Å². The van der Waals surface area contributed by atoms with Crippen LogP contribution in [0.1, 0.15) is 26.2 Å². The zero-order chi connectivity index (χ0) is 15.2. The van der Waals surface area contributed by atoms with E-state index in [4.69, 9.17) is 0 Å². The molecule has 0 radical (unpaired) electrons. The van der Waals surface area contributed by atoms with Gasteiger partial charge in [-0.15, -0.1) is 0 Å². The van der Waals surface area contributed by atoms with Crippen LogP contribution < -0.4 is 15.5 Å². The second-order valence-corrected chi connectivity index (χ2v) is 5.57. The van der Waals surface area contributed by atoms with E-state index in [9.17, 15) is 9.59 Å². The molecule has 0 spiro atoms. The van der Waals surface area contributed by atoms with Crippen molar-refractivity contribution in [3.63, 3.8) is 0 Å². The van der Waals surface area contributed by atoms with E-state index < -0.39 is 0 Å². The number of nitrogens with one attached hydrogen (secondary N) is 2. The highest BCUT2D eigenvalue weighted by atomic mass is 16.2. The average Bonchev–Trinajstić information content (AvgIpc) is 2.98. The molecular formula is C16H23N3O2. The van der Waals surface area contributed by atoms with Crippen LogP contribution in [0.25, 0.3) is 0 Å². The Morgan fingerprint density at radius 3 is 2.90 bits per heavy atom. The molecule has 1 aliphatic heterocycles. The lowest BCUT2D eigenvalue weighted by atomic mass is 10.0. The quantitative estimate of drug-likeness (QED) is 0.871. The minimum atomic E-state index is -0.0350. The Morgan fingerprint density at radius 1 is 1.43 bits per heavy atom. The minimum absolute atomic E-state index is 0.0320. The molecule has 0 saturated carbocycles. The number of carbonyl (C=O) groups excluding carboxylic acids is 2. The Balaban J connectivity index is 1.88. The number of amides is 2. The molecule has 1 aromatic carbocycles. The first-order valence-corrected chi connectivity index (χ1v) is 7.41. The van der Waals surface area contributed by atoms with E-state index in [1.165, 1.54) is 6.92 Å². The van der Waals surface area contributed by atoms with Gasteiger partial charge in [-0.3, -0.25) is 9.59 Å². The molecule has 1 aliphatic rings. The van der Waals surface area contributed by atoms with Crippen LogP contribution in [0.4, 0.5) is 11.4 Å². The fourth-order valence-corrected chi connectivity index (χ4v) is 2.49. The molecule has 2 N–H and O–H groups in total. The highest BCUT2D eigenvalue weighted by molar-refractivity contribution is 5.94. The monoisotopic (exact) mass is 289 g/mol. The van der Waals surface area contributed by atoms with E-state index in [0.29, 0.717) is 12.3 Å². The van der Waals surface area contributed by atoms with Gasteiger partial charge in [-0.25, -0.2) is 0 Å². The summed E-state index contributed by atoms with van der Waals surface area (Å²) in [6.07, 6.45) is 2.62. The van der Waals surface area contributed by atoms with Gasteiger partial charge in [0.1, 0.15) is 0 Å². The van der Waals surface area contributed by atoms with Gasteiger partial charge in [0.15, 0.2) is 0 Å². The zero-order valence-electron chi connectivity index (χ0n) is 12.7. The summed E-state index contributed by atoms with van der Waals surface area (Å²) in [5, 5.41) is 6.21. The Labute approximate surface area is 125 Å². The largest absolute Gasteiger partial charge is 0.326 e. The predicted molar refractivity (Wildman–Crippen MR) is 84.4 cm³/mol. The molecule has 0 bridgehead atoms. The van der Waals surface area contributed by atoms with Crippen LogP contribution in [-0.2, 0) is 9.59 Å². The molecule has 21 heavy (non-hydrogen) atoms. The minimum Gasteiger partial charge on any atom is -0.326 e. The number of hydrogen-bond donors (Lipinski definition) is 2. The van der Waals surface area contributed by atoms with Gasteiger partial charge in [-0.2, -0.15) is 0 Å². The lowest BCUT2D eigenvalue weighted by Crippen LogP contribution is -2.23. The van der Waals surface area contributed by atoms with E-state index in [0.717, 1.165) is 37.3 Å². The summed E-state index contributed by atoms with van der Waals surface area (Å²) in [6, 6.07) is 7.34. The number of rotatable bonds is 5. The van der Waals surface area contributed by atoms with Crippen molar-refractivity contribution < 1.29 is 9.59 Å². The number of hydrogen-bond acceptors (Lipinski definition) is 3. The molecule has 5 nitrogen and oxygen atoms in total. The second kappa shape index (κ2) is 7.22. The molecule has 1 aromatic rings. The molecule has 1 heterocycles. The Kier molecular flexibility index (Phi) is 5.33. The maximum absolute atomic E-state index is 12.0. The molecular weight excluding hydrogens is 266 g/mol. The van der Waals surface area contributed by atoms with Crippen LogP contribution in [0.15, 0.2) is 24.3 Å². The lowest BCUT2D eigenvalue weighted by Gasteiger charge is -2.16. The van der Waals surface area contributed by atoms with E-state index in [-0.39, 0.29) is 11.8 Å². The van der Waals surface area contributed by atoms with Crippen LogP contribution in [0.3, 0.4) is 0 Å². The highest BCUT2D eigenvalue weighted by Gasteiger charge is 2.15. The third-order valence-electron chi connectivity index (χ3n) is 3.93. The third kappa shape index (κ3) is 4.56. The normalized spacial score (nSPS) is 17.5. The molecule has 0 aromatic heterocycles. The third-order valence-corrected chi connectivity index (χ3v) is 3.93. The summed E-state index contributed by atoms with van der Waals surface area (Å²) >= 11 is 0. The van der Waals surface area contributed by atoms with Gasteiger partial charge >= 0.3 is 0 Å². The molecule has 1 fully saturated rings. The Bertz CT molecular complexity index is 510. The fourth-order valence-electron chi connectivity index (χ4n) is 2.49. The smallest absolute Gasteiger partial charge is 0.224 e. The van der Waals surface area contributed by atoms with Crippen molar-refractivity contribution in [2.75, 3.05) is 30.4 Å². The molecule has 114 valence electrons. The van der Waals surface area contributed by atoms with Crippen molar-refractivity contribution in [3.05, 3.63) is 24.3 Å². The summed E-state index contributed by atoms with van der Waals surface area (Å²) < 4.78 is 0. The number of carbonyl (C=O) groups is 2. The number of benzene rings is 1. The van der Waals surface area contributed by atoms with E-state index in [2.05, 4.69) is 10.6 Å². The van der Waals surface area contributed by atoms with Gasteiger partial charge in [0, 0.05) is 31.8 Å². The standard InChI is InChI=1S/C16H23N3O2/c1-12(20)19(2)15-5-3-4-14(10-15)18-16(21)7-6-13-8-9-17-11-13/h3-5,10,13,17H,6-9,11H2,1-2H3,(H,18,21). The number of nitrogens with zero attached hydrogens (tertiary/aromatic N) is 1. The maximum atomic E-state index is 12.0. The predicted octanol–water partition coefficient (Wildman–Crippen LogP) is 2.00.